The topological polar surface area (TPSA) is 44.4 Å². The van der Waals surface area contributed by atoms with Gasteiger partial charge < -0.3 is 14.8 Å². The first-order valence-corrected chi connectivity index (χ1v) is 10.4. The monoisotopic (exact) mass is 609 g/mol. The fourth-order valence-corrected chi connectivity index (χ4v) is 3.75. The van der Waals surface area contributed by atoms with Gasteiger partial charge in [0.1, 0.15) is 0 Å². The molecule has 6 rings (SSSR count). The zero-order chi connectivity index (χ0) is 21.8. The van der Waals surface area contributed by atoms with E-state index >= 15 is 0 Å². The number of hydrogen-bond acceptors (Lipinski definition) is 3. The number of rotatable bonds is 2. The van der Waals surface area contributed by atoms with Crippen LogP contribution in [-0.2, 0) is 22.4 Å². The Labute approximate surface area is 208 Å². The summed E-state index contributed by atoms with van der Waals surface area (Å²) in [6.45, 7) is 2.07. The van der Waals surface area contributed by atoms with Gasteiger partial charge in [0, 0.05) is 39.3 Å². The molecule has 0 spiro atoms. The van der Waals surface area contributed by atoms with E-state index in [1.54, 1.807) is 6.07 Å². The van der Waals surface area contributed by atoms with E-state index in [9.17, 15) is 0 Å². The standard InChI is InChI=1S/C15H13N2.C13H7N2.Au/c1-3-7-14(8-4-1)16-11-12-17(13-16)15-9-5-2-6-10-15;14-8-9-4-3-6-11-10-5-1-2-7-12(10)15-13(9)11;/h1-13H;1-7H;/q2*-1;. The van der Waals surface area contributed by atoms with Crippen molar-refractivity contribution >= 4 is 33.2 Å². The largest absolute Gasteiger partial charge is 0.656 e. The van der Waals surface area contributed by atoms with Gasteiger partial charge in [-0.05, 0) is 53.5 Å². The molecule has 4 nitrogen and oxygen atoms in total. The van der Waals surface area contributed by atoms with Crippen molar-refractivity contribution in [2.45, 2.75) is 0 Å². The van der Waals surface area contributed by atoms with Gasteiger partial charge in [0.25, 0.3) is 0 Å². The first-order valence-electron chi connectivity index (χ1n) is 10.4. The number of aromatic nitrogens is 1. The van der Waals surface area contributed by atoms with Crippen molar-refractivity contribution in [1.82, 2.24) is 4.98 Å². The van der Waals surface area contributed by atoms with Gasteiger partial charge in [0.15, 0.2) is 0 Å². The summed E-state index contributed by atoms with van der Waals surface area (Å²) < 4.78 is 0. The normalized spacial score (nSPS) is 12.2. The van der Waals surface area contributed by atoms with Crippen LogP contribution in [0, 0.1) is 18.0 Å². The average Bonchev–Trinajstić information content (AvgIpc) is 3.51. The van der Waals surface area contributed by atoms with E-state index in [1.807, 2.05) is 72.8 Å². The Balaban J connectivity index is 0.000000153. The molecule has 1 aliphatic heterocycles. The van der Waals surface area contributed by atoms with E-state index in [0.29, 0.717) is 5.56 Å². The average molecular weight is 609 g/mol. The molecule has 1 aliphatic rings. The van der Waals surface area contributed by atoms with Gasteiger partial charge in [-0.1, -0.05) is 72.8 Å². The van der Waals surface area contributed by atoms with Crippen LogP contribution in [0.4, 0.5) is 11.4 Å². The number of hydrogen-bond donors (Lipinski definition) is 0. The molecule has 1 aromatic heterocycles. The molecule has 0 saturated heterocycles. The predicted molar refractivity (Wildman–Crippen MR) is 131 cm³/mol. The molecule has 0 bridgehead atoms. The summed E-state index contributed by atoms with van der Waals surface area (Å²) in [5.74, 6) is 0. The quantitative estimate of drug-likeness (QED) is 0.171. The van der Waals surface area contributed by atoms with E-state index in [1.165, 1.54) is 11.4 Å². The first kappa shape index (κ1) is 22.4. The van der Waals surface area contributed by atoms with Crippen LogP contribution in [0.15, 0.2) is 116 Å². The summed E-state index contributed by atoms with van der Waals surface area (Å²) in [7, 11) is 0. The Morgan fingerprint density at radius 2 is 1.18 bits per heavy atom. The molecule has 0 amide bonds. The summed E-state index contributed by atoms with van der Waals surface area (Å²) >= 11 is 0. The summed E-state index contributed by atoms with van der Waals surface area (Å²) in [4.78, 5) is 8.67. The van der Waals surface area contributed by atoms with Crippen molar-refractivity contribution in [2.24, 2.45) is 0 Å². The smallest absolute Gasteiger partial charge is 0.0978 e. The van der Waals surface area contributed by atoms with Crippen LogP contribution in [0.3, 0.4) is 0 Å². The van der Waals surface area contributed by atoms with E-state index in [4.69, 9.17) is 5.26 Å². The fourth-order valence-electron chi connectivity index (χ4n) is 3.75. The van der Waals surface area contributed by atoms with Gasteiger partial charge in [0.2, 0.25) is 0 Å². The third kappa shape index (κ3) is 4.72. The van der Waals surface area contributed by atoms with Crippen LogP contribution in [0.25, 0.3) is 21.8 Å². The second kappa shape index (κ2) is 10.2. The molecule has 0 N–H and O–H groups in total. The van der Waals surface area contributed by atoms with Gasteiger partial charge in [-0.15, -0.1) is 17.7 Å². The van der Waals surface area contributed by atoms with Crippen LogP contribution in [0.2, 0.25) is 0 Å². The van der Waals surface area contributed by atoms with Crippen molar-refractivity contribution in [1.29, 1.82) is 5.26 Å². The Bertz CT molecular complexity index is 1370. The summed E-state index contributed by atoms with van der Waals surface area (Å²) in [6.07, 6.45) is 4.12. The number of benzene rings is 4. The molecule has 0 atom stereocenters. The third-order valence-electron chi connectivity index (χ3n) is 5.33. The van der Waals surface area contributed by atoms with Crippen molar-refractivity contribution in [3.05, 3.63) is 128 Å². The number of fused-ring (bicyclic) bond motifs is 3. The van der Waals surface area contributed by atoms with Gasteiger partial charge in [-0.2, -0.15) is 5.26 Å². The number of nitriles is 1. The molecular formula is C28H20AuN4-2. The molecule has 5 aromatic rings. The van der Waals surface area contributed by atoms with Crippen molar-refractivity contribution in [3.63, 3.8) is 0 Å². The van der Waals surface area contributed by atoms with Crippen molar-refractivity contribution in [3.8, 4) is 6.07 Å². The third-order valence-corrected chi connectivity index (χ3v) is 5.33. The van der Waals surface area contributed by atoms with E-state index in [0.717, 1.165) is 21.8 Å². The molecule has 0 unspecified atom stereocenters. The van der Waals surface area contributed by atoms with Crippen LogP contribution in [0.1, 0.15) is 5.56 Å². The maximum atomic E-state index is 8.97. The van der Waals surface area contributed by atoms with Crippen LogP contribution >= 0.6 is 0 Å². The zero-order valence-corrected chi connectivity index (χ0v) is 19.8. The van der Waals surface area contributed by atoms with Gasteiger partial charge in [0.05, 0.1) is 6.07 Å². The van der Waals surface area contributed by atoms with Crippen molar-refractivity contribution in [2.75, 3.05) is 9.80 Å². The zero-order valence-electron chi connectivity index (χ0n) is 17.6. The first-order chi connectivity index (χ1) is 15.8. The van der Waals surface area contributed by atoms with E-state index < -0.39 is 0 Å². The minimum atomic E-state index is 0. The van der Waals surface area contributed by atoms with Gasteiger partial charge >= 0.3 is 0 Å². The molecule has 2 heterocycles. The second-order valence-corrected chi connectivity index (χ2v) is 7.34. The minimum absolute atomic E-state index is 0. The molecule has 5 heteroatoms. The molecule has 0 fully saturated rings. The number of nitrogens with zero attached hydrogens (tertiary/aromatic N) is 4. The summed E-state index contributed by atoms with van der Waals surface area (Å²) in [5.41, 5.74) is 4.74. The molecule has 1 radical (unpaired) electrons. The van der Waals surface area contributed by atoms with Crippen molar-refractivity contribution < 1.29 is 22.4 Å². The molecule has 33 heavy (non-hydrogen) atoms. The maximum absolute atomic E-state index is 8.97. The van der Waals surface area contributed by atoms with Crippen LogP contribution in [0.5, 0.6) is 0 Å². The summed E-state index contributed by atoms with van der Waals surface area (Å²) in [6, 6.07) is 36.4. The van der Waals surface area contributed by atoms with Crippen LogP contribution in [-0.4, -0.2) is 0 Å². The van der Waals surface area contributed by atoms with Gasteiger partial charge in [-0.25, -0.2) is 0 Å². The molecule has 0 saturated carbocycles. The van der Waals surface area contributed by atoms with E-state index in [2.05, 4.69) is 64.2 Å². The second-order valence-electron chi connectivity index (χ2n) is 7.34. The molecule has 165 valence electrons. The molecule has 0 aliphatic carbocycles. The minimum Gasteiger partial charge on any atom is -0.656 e. The Kier molecular flexibility index (Phi) is 6.97. The Hall–Kier alpha value is -3.75. The number of para-hydroxylation sites is 4. The SMILES string of the molecule is C1=CN(c2ccccc2)[CH-]N1c1ccccc1.N#Cc1cccc2c1[n-]c1ccccc12.[Au]. The predicted octanol–water partition coefficient (Wildman–Crippen LogP) is 6.42. The Morgan fingerprint density at radius 1 is 0.636 bits per heavy atom. The fraction of sp³-hybridized carbons (Fsp3) is 0. The molecular weight excluding hydrogens is 589 g/mol. The number of anilines is 2. The van der Waals surface area contributed by atoms with Gasteiger partial charge in [-0.3, -0.25) is 0 Å². The Morgan fingerprint density at radius 3 is 1.79 bits per heavy atom. The molecule has 4 aromatic carbocycles. The van der Waals surface area contributed by atoms with E-state index in [-0.39, 0.29) is 22.4 Å². The van der Waals surface area contributed by atoms with Crippen LogP contribution < -0.4 is 14.8 Å². The summed E-state index contributed by atoms with van der Waals surface area (Å²) in [5, 5.41) is 11.1. The maximum Gasteiger partial charge on any atom is 0.0978 e.